The molecule has 4 heterocycles. The standard InChI is InChI=1S/C24H18FN3O4S2/c25-14-6-7-17-16(10-14)24(23(30)26-17)21(22(29)19-5-2-8-34-19)20(18-11-33-12-27(18)24)13-3-1-4-15(9-13)28(31)32/h1-10,18,20-21H,11-12H2,(H,26,30)/t18-,20-,21-,24+/m0/s1. The molecular weight excluding hydrogens is 477 g/mol. The lowest BCUT2D eigenvalue weighted by atomic mass is 9.70. The van der Waals surface area contributed by atoms with Gasteiger partial charge in [0.05, 0.1) is 15.7 Å². The number of nitro benzene ring substituents is 1. The number of Topliss-reactive ketones (excluding diaryl/α,β-unsaturated/α-hetero) is 1. The monoisotopic (exact) mass is 495 g/mol. The van der Waals surface area contributed by atoms with E-state index in [9.17, 15) is 24.1 Å². The van der Waals surface area contributed by atoms with Crippen LogP contribution in [0.1, 0.15) is 26.7 Å². The third-order valence-electron chi connectivity index (χ3n) is 7.10. The largest absolute Gasteiger partial charge is 0.324 e. The van der Waals surface area contributed by atoms with E-state index >= 15 is 0 Å². The fourth-order valence-corrected chi connectivity index (χ4v) is 7.87. The Morgan fingerprint density at radius 2 is 2.06 bits per heavy atom. The topological polar surface area (TPSA) is 92.5 Å². The van der Waals surface area contributed by atoms with Gasteiger partial charge in [-0.2, -0.15) is 0 Å². The van der Waals surface area contributed by atoms with E-state index in [-0.39, 0.29) is 23.4 Å². The van der Waals surface area contributed by atoms with Crippen molar-refractivity contribution in [2.24, 2.45) is 5.92 Å². The first-order chi connectivity index (χ1) is 16.4. The number of carbonyl (C=O) groups is 2. The molecule has 1 N–H and O–H groups in total. The Labute approximate surface area is 202 Å². The van der Waals surface area contributed by atoms with Gasteiger partial charge in [-0.05, 0) is 35.2 Å². The maximum absolute atomic E-state index is 14.5. The molecule has 172 valence electrons. The van der Waals surface area contributed by atoms with Gasteiger partial charge in [0.25, 0.3) is 5.69 Å². The van der Waals surface area contributed by atoms with E-state index in [0.29, 0.717) is 33.3 Å². The molecule has 2 saturated heterocycles. The van der Waals surface area contributed by atoms with Crippen molar-refractivity contribution in [3.8, 4) is 0 Å². The Hall–Kier alpha value is -3.08. The highest BCUT2D eigenvalue weighted by Gasteiger charge is 2.69. The summed E-state index contributed by atoms with van der Waals surface area (Å²) in [7, 11) is 0. The number of hydrogen-bond acceptors (Lipinski definition) is 7. The van der Waals surface area contributed by atoms with E-state index in [1.54, 1.807) is 41.4 Å². The van der Waals surface area contributed by atoms with Crippen LogP contribution in [0.2, 0.25) is 0 Å². The fraction of sp³-hybridized carbons (Fsp3) is 0.250. The summed E-state index contributed by atoms with van der Waals surface area (Å²) in [6.45, 7) is 0. The molecule has 2 aromatic carbocycles. The van der Waals surface area contributed by atoms with E-state index in [4.69, 9.17) is 0 Å². The van der Waals surface area contributed by atoms with Crippen molar-refractivity contribution in [3.63, 3.8) is 0 Å². The molecule has 3 aromatic rings. The number of nitrogens with zero attached hydrogens (tertiary/aromatic N) is 2. The molecule has 10 heteroatoms. The molecule has 2 fully saturated rings. The molecule has 0 radical (unpaired) electrons. The maximum atomic E-state index is 14.5. The first kappa shape index (κ1) is 21.5. The quantitative estimate of drug-likeness (QED) is 0.323. The number of amides is 1. The number of thiophene rings is 1. The van der Waals surface area contributed by atoms with Crippen LogP contribution in [0.5, 0.6) is 0 Å². The number of nitro groups is 1. The normalized spacial score (nSPS) is 27.6. The van der Waals surface area contributed by atoms with Crippen LogP contribution in [-0.2, 0) is 10.3 Å². The Morgan fingerprint density at radius 1 is 1.21 bits per heavy atom. The lowest BCUT2D eigenvalue weighted by Gasteiger charge is -2.36. The van der Waals surface area contributed by atoms with Gasteiger partial charge in [0, 0.05) is 47.0 Å². The van der Waals surface area contributed by atoms with E-state index in [0.717, 1.165) is 0 Å². The smallest absolute Gasteiger partial charge is 0.269 e. The molecule has 0 bridgehead atoms. The lowest BCUT2D eigenvalue weighted by molar-refractivity contribution is -0.384. The molecule has 1 aromatic heterocycles. The predicted octanol–water partition coefficient (Wildman–Crippen LogP) is 4.61. The number of benzene rings is 2. The zero-order chi connectivity index (χ0) is 23.6. The summed E-state index contributed by atoms with van der Waals surface area (Å²) in [6, 6.07) is 13.8. The molecule has 0 unspecified atom stereocenters. The molecule has 7 nitrogen and oxygen atoms in total. The summed E-state index contributed by atoms with van der Waals surface area (Å²) < 4.78 is 14.5. The lowest BCUT2D eigenvalue weighted by Crippen LogP contribution is -2.52. The molecular formula is C24H18FN3O4S2. The third kappa shape index (κ3) is 2.85. The minimum Gasteiger partial charge on any atom is -0.324 e. The Morgan fingerprint density at radius 3 is 2.82 bits per heavy atom. The molecule has 1 spiro atoms. The summed E-state index contributed by atoms with van der Waals surface area (Å²) in [5.74, 6) is -1.26. The molecule has 0 aliphatic carbocycles. The van der Waals surface area contributed by atoms with Crippen LogP contribution >= 0.6 is 23.1 Å². The predicted molar refractivity (Wildman–Crippen MR) is 128 cm³/mol. The fourth-order valence-electron chi connectivity index (χ4n) is 5.84. The van der Waals surface area contributed by atoms with Crippen LogP contribution in [-0.4, -0.2) is 39.2 Å². The van der Waals surface area contributed by atoms with Gasteiger partial charge in [-0.1, -0.05) is 18.2 Å². The van der Waals surface area contributed by atoms with Crippen molar-refractivity contribution in [1.82, 2.24) is 4.90 Å². The third-order valence-corrected chi connectivity index (χ3v) is 9.02. The van der Waals surface area contributed by atoms with E-state index in [1.807, 2.05) is 4.90 Å². The second-order valence-corrected chi connectivity index (χ2v) is 10.6. The second-order valence-electron chi connectivity index (χ2n) is 8.64. The number of halogens is 1. The summed E-state index contributed by atoms with van der Waals surface area (Å²) in [5, 5.41) is 16.2. The van der Waals surface area contributed by atoms with Crippen LogP contribution in [0.3, 0.4) is 0 Å². The van der Waals surface area contributed by atoms with Crippen molar-refractivity contribution in [2.75, 3.05) is 16.9 Å². The number of fused-ring (bicyclic) bond motifs is 4. The van der Waals surface area contributed by atoms with Crippen LogP contribution < -0.4 is 5.32 Å². The van der Waals surface area contributed by atoms with E-state index in [1.165, 1.54) is 41.7 Å². The number of thioether (sulfide) groups is 1. The summed E-state index contributed by atoms with van der Waals surface area (Å²) in [6.07, 6.45) is 0. The van der Waals surface area contributed by atoms with Gasteiger partial charge < -0.3 is 5.32 Å². The van der Waals surface area contributed by atoms with E-state index in [2.05, 4.69) is 5.32 Å². The Kier molecular flexibility index (Phi) is 4.87. The van der Waals surface area contributed by atoms with Crippen LogP contribution in [0, 0.1) is 21.8 Å². The highest BCUT2D eigenvalue weighted by Crippen LogP contribution is 2.61. The SMILES string of the molecule is O=C(c1cccs1)[C@@H]1[C@@H](c2cccc([N+](=O)[O-])c2)[C@@H]2CSCN2[C@@]12C(=O)Nc1ccc(F)cc12. The zero-order valence-electron chi connectivity index (χ0n) is 17.6. The number of hydrogen-bond donors (Lipinski definition) is 1. The Balaban J connectivity index is 1.63. The minimum absolute atomic E-state index is 0.0692. The van der Waals surface area contributed by atoms with Crippen LogP contribution in [0.25, 0.3) is 0 Å². The second kappa shape index (κ2) is 7.72. The van der Waals surface area contributed by atoms with Gasteiger partial charge in [0.1, 0.15) is 11.4 Å². The molecule has 4 atom stereocenters. The average Bonchev–Trinajstić information content (AvgIpc) is 3.60. The highest BCUT2D eigenvalue weighted by molar-refractivity contribution is 7.99. The number of carbonyl (C=O) groups excluding carboxylic acids is 2. The molecule has 1 amide bonds. The molecule has 34 heavy (non-hydrogen) atoms. The molecule has 0 saturated carbocycles. The van der Waals surface area contributed by atoms with Crippen molar-refractivity contribution in [1.29, 1.82) is 0 Å². The molecule has 3 aliphatic heterocycles. The zero-order valence-corrected chi connectivity index (χ0v) is 19.3. The number of nitrogens with one attached hydrogen (secondary N) is 1. The van der Waals surface area contributed by atoms with Gasteiger partial charge in [0.15, 0.2) is 5.78 Å². The van der Waals surface area contributed by atoms with Gasteiger partial charge >= 0.3 is 0 Å². The highest BCUT2D eigenvalue weighted by atomic mass is 32.2. The molecule has 6 rings (SSSR count). The van der Waals surface area contributed by atoms with Gasteiger partial charge in [-0.3, -0.25) is 24.6 Å². The van der Waals surface area contributed by atoms with Crippen molar-refractivity contribution in [2.45, 2.75) is 17.5 Å². The maximum Gasteiger partial charge on any atom is 0.269 e. The first-order valence-corrected chi connectivity index (χ1v) is 12.7. The van der Waals surface area contributed by atoms with Crippen molar-refractivity contribution < 1.29 is 18.9 Å². The minimum atomic E-state index is -1.40. The summed E-state index contributed by atoms with van der Waals surface area (Å²) in [5.41, 5.74) is 0.108. The van der Waals surface area contributed by atoms with Crippen molar-refractivity contribution in [3.05, 3.63) is 91.9 Å². The first-order valence-electron chi connectivity index (χ1n) is 10.7. The van der Waals surface area contributed by atoms with Gasteiger partial charge in [-0.25, -0.2) is 4.39 Å². The average molecular weight is 496 g/mol. The number of rotatable bonds is 4. The number of ketones is 1. The Bertz CT molecular complexity index is 1350. The summed E-state index contributed by atoms with van der Waals surface area (Å²) in [4.78, 5) is 41.5. The van der Waals surface area contributed by atoms with Crippen LogP contribution in [0.4, 0.5) is 15.8 Å². The van der Waals surface area contributed by atoms with Gasteiger partial charge in [-0.15, -0.1) is 23.1 Å². The number of non-ortho nitro benzene ring substituents is 1. The van der Waals surface area contributed by atoms with Gasteiger partial charge in [0.2, 0.25) is 5.91 Å². The molecule has 3 aliphatic rings. The van der Waals surface area contributed by atoms with Crippen LogP contribution in [0.15, 0.2) is 60.0 Å². The summed E-state index contributed by atoms with van der Waals surface area (Å²) >= 11 is 2.93. The number of anilines is 1. The van der Waals surface area contributed by atoms with Crippen molar-refractivity contribution >= 4 is 46.2 Å². The van der Waals surface area contributed by atoms with E-state index < -0.39 is 28.1 Å².